The Morgan fingerprint density at radius 1 is 0.917 bits per heavy atom. The van der Waals surface area contributed by atoms with E-state index in [0.29, 0.717) is 12.5 Å². The number of aryl methyl sites for hydroxylation is 1. The highest BCUT2D eigenvalue weighted by Gasteiger charge is 2.03. The summed E-state index contributed by atoms with van der Waals surface area (Å²) in [6.45, 7) is 2.70. The monoisotopic (exact) mass is 338 g/mol. The van der Waals surface area contributed by atoms with E-state index in [0.717, 1.165) is 29.1 Å². The van der Waals surface area contributed by atoms with E-state index in [9.17, 15) is 0 Å². The van der Waals surface area contributed by atoms with Gasteiger partial charge in [0.05, 0.1) is 12.3 Å². The second-order valence-electron chi connectivity index (χ2n) is 5.54. The summed E-state index contributed by atoms with van der Waals surface area (Å²) in [6, 6.07) is 19.9. The van der Waals surface area contributed by atoms with Crippen molar-refractivity contribution >= 4 is 11.6 Å². The van der Waals surface area contributed by atoms with Crippen LogP contribution in [0.1, 0.15) is 18.1 Å². The van der Waals surface area contributed by atoms with Crippen molar-refractivity contribution in [1.29, 1.82) is 0 Å². The summed E-state index contributed by atoms with van der Waals surface area (Å²) >= 11 is 5.88. The minimum absolute atomic E-state index is 0.541. The minimum Gasteiger partial charge on any atom is -0.476 e. The number of benzene rings is 2. The van der Waals surface area contributed by atoms with Gasteiger partial charge in [0.2, 0.25) is 5.88 Å². The molecule has 0 saturated carbocycles. The Morgan fingerprint density at radius 2 is 1.75 bits per heavy atom. The molecule has 0 unspecified atom stereocenters. The van der Waals surface area contributed by atoms with Crippen LogP contribution in [-0.4, -0.2) is 16.8 Å². The molecule has 1 aromatic heterocycles. The molecule has 3 aromatic rings. The fourth-order valence-corrected chi connectivity index (χ4v) is 2.55. The average Bonchev–Trinajstić information content (AvgIpc) is 2.64. The van der Waals surface area contributed by atoms with E-state index in [1.54, 1.807) is 0 Å². The zero-order valence-electron chi connectivity index (χ0n) is 13.6. The lowest BCUT2D eigenvalue weighted by Crippen LogP contribution is -2.03. The van der Waals surface area contributed by atoms with E-state index < -0.39 is 0 Å². The van der Waals surface area contributed by atoms with Crippen molar-refractivity contribution < 1.29 is 4.74 Å². The van der Waals surface area contributed by atoms with E-state index in [-0.39, 0.29) is 0 Å². The Bertz CT molecular complexity index is 785. The Kier molecular flexibility index (Phi) is 5.44. The van der Waals surface area contributed by atoms with Crippen molar-refractivity contribution in [3.63, 3.8) is 0 Å². The zero-order chi connectivity index (χ0) is 16.8. The predicted octanol–water partition coefficient (Wildman–Crippen LogP) is 4.98. The number of hydrogen-bond donors (Lipinski definition) is 0. The fourth-order valence-electron chi connectivity index (χ4n) is 2.43. The van der Waals surface area contributed by atoms with Gasteiger partial charge in [-0.25, -0.2) is 0 Å². The van der Waals surface area contributed by atoms with Gasteiger partial charge < -0.3 is 4.74 Å². The molecule has 0 N–H and O–H groups in total. The molecule has 122 valence electrons. The Labute approximate surface area is 147 Å². The Morgan fingerprint density at radius 3 is 2.46 bits per heavy atom. The number of hydrogen-bond acceptors (Lipinski definition) is 3. The maximum atomic E-state index is 5.88. The number of rotatable bonds is 6. The second kappa shape index (κ2) is 7.93. The third kappa shape index (κ3) is 4.33. The molecular formula is C20H19ClN2O. The number of aromatic nitrogens is 2. The van der Waals surface area contributed by atoms with Gasteiger partial charge in [-0.2, -0.15) is 0 Å². The van der Waals surface area contributed by atoms with Crippen LogP contribution < -0.4 is 4.74 Å². The molecular weight excluding hydrogens is 320 g/mol. The van der Waals surface area contributed by atoms with E-state index in [2.05, 4.69) is 29.3 Å². The van der Waals surface area contributed by atoms with Crippen LogP contribution in [0, 0.1) is 0 Å². The molecule has 0 aliphatic rings. The van der Waals surface area contributed by atoms with Gasteiger partial charge in [0.25, 0.3) is 0 Å². The van der Waals surface area contributed by atoms with Crippen molar-refractivity contribution in [2.24, 2.45) is 0 Å². The zero-order valence-corrected chi connectivity index (χ0v) is 14.3. The second-order valence-corrected chi connectivity index (χ2v) is 5.97. The van der Waals surface area contributed by atoms with Crippen molar-refractivity contribution in [2.45, 2.75) is 19.8 Å². The van der Waals surface area contributed by atoms with Crippen molar-refractivity contribution in [2.75, 3.05) is 6.61 Å². The largest absolute Gasteiger partial charge is 0.476 e. The van der Waals surface area contributed by atoms with Crippen LogP contribution in [0.4, 0.5) is 0 Å². The Balaban J connectivity index is 1.59. The molecule has 0 saturated heterocycles. The Hall–Kier alpha value is -2.39. The maximum Gasteiger partial charge on any atom is 0.233 e. The standard InChI is InChI=1S/C20H19ClN2O/c1-2-15-4-3-5-17(14-15)19-10-11-20(23-22-19)24-13-12-16-6-8-18(21)9-7-16/h3-11,14H,2,12-13H2,1H3. The number of nitrogens with zero attached hydrogens (tertiary/aromatic N) is 2. The van der Waals surface area contributed by atoms with Gasteiger partial charge in [-0.1, -0.05) is 48.9 Å². The fraction of sp³-hybridized carbons (Fsp3) is 0.200. The van der Waals surface area contributed by atoms with E-state index in [1.807, 2.05) is 48.5 Å². The highest BCUT2D eigenvalue weighted by atomic mass is 35.5. The van der Waals surface area contributed by atoms with Gasteiger partial charge in [0.15, 0.2) is 0 Å². The molecule has 0 spiro atoms. The van der Waals surface area contributed by atoms with Crippen molar-refractivity contribution in [3.8, 4) is 17.1 Å². The molecule has 0 aliphatic heterocycles. The van der Waals surface area contributed by atoms with Crippen LogP contribution in [0.15, 0.2) is 60.7 Å². The lowest BCUT2D eigenvalue weighted by Gasteiger charge is -2.06. The molecule has 0 amide bonds. The molecule has 0 fully saturated rings. The molecule has 2 aromatic carbocycles. The van der Waals surface area contributed by atoms with Gasteiger partial charge in [-0.15, -0.1) is 10.2 Å². The van der Waals surface area contributed by atoms with Gasteiger partial charge in [-0.05, 0) is 41.8 Å². The normalized spacial score (nSPS) is 10.6. The summed E-state index contributed by atoms with van der Waals surface area (Å²) in [5, 5.41) is 9.18. The molecule has 0 atom stereocenters. The summed E-state index contributed by atoms with van der Waals surface area (Å²) in [4.78, 5) is 0. The summed E-state index contributed by atoms with van der Waals surface area (Å²) in [6.07, 6.45) is 1.81. The molecule has 3 nitrogen and oxygen atoms in total. The molecule has 24 heavy (non-hydrogen) atoms. The summed E-state index contributed by atoms with van der Waals surface area (Å²) in [7, 11) is 0. The van der Waals surface area contributed by atoms with Gasteiger partial charge >= 0.3 is 0 Å². The predicted molar refractivity (Wildman–Crippen MR) is 97.5 cm³/mol. The summed E-state index contributed by atoms with van der Waals surface area (Å²) < 4.78 is 5.67. The quantitative estimate of drug-likeness (QED) is 0.635. The van der Waals surface area contributed by atoms with Crippen molar-refractivity contribution in [3.05, 3.63) is 76.8 Å². The van der Waals surface area contributed by atoms with Crippen LogP contribution in [0.5, 0.6) is 5.88 Å². The lowest BCUT2D eigenvalue weighted by molar-refractivity contribution is 0.306. The SMILES string of the molecule is CCc1cccc(-c2ccc(OCCc3ccc(Cl)cc3)nn2)c1. The van der Waals surface area contributed by atoms with Crippen LogP contribution in [-0.2, 0) is 12.8 Å². The highest BCUT2D eigenvalue weighted by molar-refractivity contribution is 6.30. The molecule has 0 aliphatic carbocycles. The molecule has 0 radical (unpaired) electrons. The highest BCUT2D eigenvalue weighted by Crippen LogP contribution is 2.19. The first kappa shape index (κ1) is 16.5. The van der Waals surface area contributed by atoms with Crippen LogP contribution in [0.2, 0.25) is 5.02 Å². The van der Waals surface area contributed by atoms with Crippen molar-refractivity contribution in [1.82, 2.24) is 10.2 Å². The van der Waals surface area contributed by atoms with Gasteiger partial charge in [0.1, 0.15) is 0 Å². The first-order valence-electron chi connectivity index (χ1n) is 8.05. The van der Waals surface area contributed by atoms with Gasteiger partial charge in [0, 0.05) is 23.1 Å². The first-order chi connectivity index (χ1) is 11.7. The molecule has 4 heteroatoms. The van der Waals surface area contributed by atoms with Crippen LogP contribution >= 0.6 is 11.6 Å². The topological polar surface area (TPSA) is 35.0 Å². The number of halogens is 1. The first-order valence-corrected chi connectivity index (χ1v) is 8.42. The van der Waals surface area contributed by atoms with Crippen LogP contribution in [0.25, 0.3) is 11.3 Å². The molecule has 1 heterocycles. The summed E-state index contributed by atoms with van der Waals surface area (Å²) in [5.74, 6) is 0.541. The number of ether oxygens (including phenoxy) is 1. The average molecular weight is 339 g/mol. The third-order valence-electron chi connectivity index (χ3n) is 3.83. The molecule has 3 rings (SSSR count). The summed E-state index contributed by atoms with van der Waals surface area (Å²) in [5.41, 5.74) is 4.41. The lowest BCUT2D eigenvalue weighted by atomic mass is 10.1. The van der Waals surface area contributed by atoms with E-state index in [1.165, 1.54) is 11.1 Å². The molecule has 0 bridgehead atoms. The smallest absolute Gasteiger partial charge is 0.233 e. The maximum absolute atomic E-state index is 5.88. The van der Waals surface area contributed by atoms with E-state index in [4.69, 9.17) is 16.3 Å². The third-order valence-corrected chi connectivity index (χ3v) is 4.08. The van der Waals surface area contributed by atoms with Gasteiger partial charge in [-0.3, -0.25) is 0 Å². The minimum atomic E-state index is 0.541. The van der Waals surface area contributed by atoms with E-state index >= 15 is 0 Å². The van der Waals surface area contributed by atoms with Crippen LogP contribution in [0.3, 0.4) is 0 Å².